The van der Waals surface area contributed by atoms with Gasteiger partial charge in [-0.05, 0) is 64.8 Å². The number of ether oxygens (including phenoxy) is 1. The van der Waals surface area contributed by atoms with Crippen molar-refractivity contribution in [2.75, 3.05) is 7.05 Å². The molecule has 2 rings (SSSR count). The van der Waals surface area contributed by atoms with Gasteiger partial charge in [0, 0.05) is 24.6 Å². The molecule has 0 saturated carbocycles. The quantitative estimate of drug-likeness (QED) is 0.475. The molecule has 0 aliphatic rings. The smallest absolute Gasteiger partial charge is 0.218 e. The lowest BCUT2D eigenvalue weighted by atomic mass is 10.0. The number of hydrogen-bond donors (Lipinski definition) is 0. The molecule has 5 nitrogen and oxygen atoms in total. The van der Waals surface area contributed by atoms with Gasteiger partial charge in [0.05, 0.1) is 12.0 Å². The molecule has 144 valence electrons. The van der Waals surface area contributed by atoms with Crippen molar-refractivity contribution in [2.45, 2.75) is 53.3 Å². The van der Waals surface area contributed by atoms with Crippen LogP contribution in [0.5, 0.6) is 10.8 Å². The highest BCUT2D eigenvalue weighted by Crippen LogP contribution is 2.39. The molecule has 1 heterocycles. The van der Waals surface area contributed by atoms with E-state index in [4.69, 9.17) is 4.74 Å². The number of nitrogens with zero attached hydrogens (tertiary/aromatic N) is 4. The first-order valence-corrected chi connectivity index (χ1v) is 9.46. The number of aliphatic imine (C=N–C) groups is 1. The molecule has 0 amide bonds. The molecule has 0 unspecified atom stereocenters. The van der Waals surface area contributed by atoms with Crippen LogP contribution in [-0.4, -0.2) is 28.7 Å². The Morgan fingerprint density at radius 2 is 2.00 bits per heavy atom. The summed E-state index contributed by atoms with van der Waals surface area (Å²) in [6.45, 7) is 10.8. The zero-order valence-electron chi connectivity index (χ0n) is 16.8. The van der Waals surface area contributed by atoms with Gasteiger partial charge in [0.2, 0.25) is 5.06 Å². The molecule has 0 N–H and O–H groups in total. The molecule has 27 heavy (non-hydrogen) atoms. The second-order valence-electron chi connectivity index (χ2n) is 7.29. The summed E-state index contributed by atoms with van der Waals surface area (Å²) >= 11 is 0.988. The summed E-state index contributed by atoms with van der Waals surface area (Å²) in [7, 11) is 1.98. The summed E-state index contributed by atoms with van der Waals surface area (Å²) < 4.78 is 24.2. The summed E-state index contributed by atoms with van der Waals surface area (Å²) in [4.78, 5) is 6.56. The van der Waals surface area contributed by atoms with Crippen molar-refractivity contribution in [3.05, 3.63) is 34.5 Å². The molecule has 2 aromatic rings. The monoisotopic (exact) mass is 388 g/mol. The van der Waals surface area contributed by atoms with E-state index in [0.29, 0.717) is 16.9 Å². The fraction of sp³-hybridized carbons (Fsp3) is 0.450. The summed E-state index contributed by atoms with van der Waals surface area (Å²) in [5.74, 6) is 0.604. The van der Waals surface area contributed by atoms with E-state index in [-0.39, 0.29) is 11.3 Å². The van der Waals surface area contributed by atoms with Crippen molar-refractivity contribution >= 4 is 23.6 Å². The molecule has 0 fully saturated rings. The van der Waals surface area contributed by atoms with Crippen LogP contribution >= 0.6 is 11.5 Å². The molecule has 0 bridgehead atoms. The van der Waals surface area contributed by atoms with Gasteiger partial charge in [-0.1, -0.05) is 0 Å². The average molecular weight is 389 g/mol. The number of alkyl halides is 1. The van der Waals surface area contributed by atoms with E-state index in [1.807, 2.05) is 44.0 Å². The maximum atomic E-state index is 14.2. The molecule has 1 aromatic heterocycles. The van der Waals surface area contributed by atoms with Gasteiger partial charge in [0.15, 0.2) is 0 Å². The molecule has 0 aliphatic carbocycles. The van der Waals surface area contributed by atoms with E-state index in [1.54, 1.807) is 6.34 Å². The molecule has 7 heteroatoms. The van der Waals surface area contributed by atoms with E-state index in [2.05, 4.69) is 23.2 Å². The summed E-state index contributed by atoms with van der Waals surface area (Å²) in [5, 5.41) is 9.71. The number of hydrogen-bond acceptors (Lipinski definition) is 5. The van der Waals surface area contributed by atoms with Crippen LogP contribution in [0.4, 0.5) is 10.1 Å². The fourth-order valence-electron chi connectivity index (χ4n) is 2.26. The molecule has 0 radical (unpaired) electrons. The second-order valence-corrected chi connectivity index (χ2v) is 8.02. The lowest BCUT2D eigenvalue weighted by Crippen LogP contribution is -2.24. The SMILES string of the molecule is Cc1cc(Oc2snc(C(C)(C)F)c2C#N)c(C)cc1/N=C\N(C)C(C)C. The Morgan fingerprint density at radius 1 is 1.33 bits per heavy atom. The molecule has 0 spiro atoms. The lowest BCUT2D eigenvalue weighted by molar-refractivity contribution is 0.215. The summed E-state index contributed by atoms with van der Waals surface area (Å²) in [5.41, 5.74) is 1.22. The van der Waals surface area contributed by atoms with Crippen molar-refractivity contribution in [3.63, 3.8) is 0 Å². The van der Waals surface area contributed by atoms with Crippen LogP contribution < -0.4 is 4.74 Å². The maximum absolute atomic E-state index is 14.2. The first kappa shape index (κ1) is 20.8. The van der Waals surface area contributed by atoms with Gasteiger partial charge in [0.1, 0.15) is 28.7 Å². The Kier molecular flexibility index (Phi) is 6.22. The van der Waals surface area contributed by atoms with E-state index in [9.17, 15) is 9.65 Å². The Balaban J connectivity index is 2.33. The fourth-order valence-corrected chi connectivity index (χ4v) is 3.10. The lowest BCUT2D eigenvalue weighted by Gasteiger charge is -2.17. The second kappa shape index (κ2) is 8.05. The predicted molar refractivity (Wildman–Crippen MR) is 108 cm³/mol. The van der Waals surface area contributed by atoms with Crippen molar-refractivity contribution in [2.24, 2.45) is 4.99 Å². The normalized spacial score (nSPS) is 11.9. The predicted octanol–water partition coefficient (Wildman–Crippen LogP) is 5.63. The van der Waals surface area contributed by atoms with Crippen molar-refractivity contribution in [1.82, 2.24) is 9.27 Å². The largest absolute Gasteiger partial charge is 0.443 e. The average Bonchev–Trinajstić information content (AvgIpc) is 2.99. The number of aromatic nitrogens is 1. The highest BCUT2D eigenvalue weighted by Gasteiger charge is 2.29. The Hall–Kier alpha value is -2.46. The van der Waals surface area contributed by atoms with Crippen LogP contribution in [0, 0.1) is 25.2 Å². The van der Waals surface area contributed by atoms with Gasteiger partial charge in [0.25, 0.3) is 0 Å². The van der Waals surface area contributed by atoms with Gasteiger partial charge in [-0.3, -0.25) is 0 Å². The van der Waals surface area contributed by atoms with Gasteiger partial charge >= 0.3 is 0 Å². The third-order valence-corrected chi connectivity index (χ3v) is 4.95. The summed E-state index contributed by atoms with van der Waals surface area (Å²) in [6.07, 6.45) is 1.81. The molecule has 0 atom stereocenters. The third-order valence-electron chi connectivity index (χ3n) is 4.23. The zero-order chi connectivity index (χ0) is 20.4. The third kappa shape index (κ3) is 4.83. The molecule has 1 aromatic carbocycles. The molecule has 0 saturated heterocycles. The van der Waals surface area contributed by atoms with Crippen molar-refractivity contribution < 1.29 is 9.13 Å². The van der Waals surface area contributed by atoms with Crippen LogP contribution in [-0.2, 0) is 5.67 Å². The highest BCUT2D eigenvalue weighted by molar-refractivity contribution is 7.08. The number of nitriles is 1. The van der Waals surface area contributed by atoms with Crippen molar-refractivity contribution in [3.8, 4) is 16.9 Å². The van der Waals surface area contributed by atoms with E-state index in [1.165, 1.54) is 13.8 Å². The molecule has 0 aliphatic heterocycles. The van der Waals surface area contributed by atoms with Gasteiger partial charge in [-0.25, -0.2) is 9.38 Å². The maximum Gasteiger partial charge on any atom is 0.218 e. The van der Waals surface area contributed by atoms with Crippen LogP contribution in [0.15, 0.2) is 17.1 Å². The number of halogens is 1. The number of benzene rings is 1. The number of rotatable bonds is 6. The van der Waals surface area contributed by atoms with Gasteiger partial charge in [-0.15, -0.1) is 0 Å². The van der Waals surface area contributed by atoms with E-state index in [0.717, 1.165) is 28.3 Å². The minimum Gasteiger partial charge on any atom is -0.443 e. The van der Waals surface area contributed by atoms with E-state index >= 15 is 0 Å². The zero-order valence-corrected chi connectivity index (χ0v) is 17.6. The topological polar surface area (TPSA) is 61.5 Å². The van der Waals surface area contributed by atoms with Gasteiger partial charge in [-0.2, -0.15) is 9.64 Å². The number of aryl methyl sites for hydroxylation is 2. The van der Waals surface area contributed by atoms with Crippen LogP contribution in [0.3, 0.4) is 0 Å². The first-order chi connectivity index (χ1) is 12.5. The Morgan fingerprint density at radius 3 is 2.56 bits per heavy atom. The van der Waals surface area contributed by atoms with Gasteiger partial charge < -0.3 is 9.64 Å². The standard InChI is InChI=1S/C20H25FN4OS/c1-12(2)25(7)11-23-16-8-14(4)17(9-13(16)3)26-19-15(10-22)18(24-27-19)20(5,6)21/h8-9,11-12H,1-7H3/b23-11-. The van der Waals surface area contributed by atoms with Crippen LogP contribution in [0.1, 0.15) is 50.1 Å². The highest BCUT2D eigenvalue weighted by atomic mass is 32.1. The minimum absolute atomic E-state index is 0.109. The molecular formula is C20H25FN4OS. The van der Waals surface area contributed by atoms with E-state index < -0.39 is 5.67 Å². The summed E-state index contributed by atoms with van der Waals surface area (Å²) in [6, 6.07) is 6.18. The Bertz CT molecular complexity index is 891. The first-order valence-electron chi connectivity index (χ1n) is 8.69. The van der Waals surface area contributed by atoms with Crippen LogP contribution in [0.2, 0.25) is 0 Å². The molecular weight excluding hydrogens is 363 g/mol. The minimum atomic E-state index is -1.70. The Labute approximate surface area is 164 Å². The van der Waals surface area contributed by atoms with Crippen molar-refractivity contribution in [1.29, 1.82) is 5.26 Å². The van der Waals surface area contributed by atoms with Crippen LogP contribution in [0.25, 0.3) is 0 Å².